The van der Waals surface area contributed by atoms with Crippen LogP contribution in [0.2, 0.25) is 0 Å². The van der Waals surface area contributed by atoms with Gasteiger partial charge in [0.05, 0.1) is 7.11 Å². The average Bonchev–Trinajstić information content (AvgIpc) is 3.40. The molecule has 0 aliphatic carbocycles. The van der Waals surface area contributed by atoms with Crippen molar-refractivity contribution in [2.45, 2.75) is 19.4 Å². The van der Waals surface area contributed by atoms with Gasteiger partial charge in [-0.05, 0) is 55.4 Å². The number of methoxy groups -OCH3 is 1. The van der Waals surface area contributed by atoms with E-state index in [1.165, 1.54) is 24.9 Å². The highest BCUT2D eigenvalue weighted by molar-refractivity contribution is 7.18. The third-order valence-electron chi connectivity index (χ3n) is 5.44. The molecule has 7 nitrogen and oxygen atoms in total. The van der Waals surface area contributed by atoms with Crippen molar-refractivity contribution < 1.29 is 13.9 Å². The van der Waals surface area contributed by atoms with E-state index in [0.717, 1.165) is 49.1 Å². The molecule has 1 saturated heterocycles. The van der Waals surface area contributed by atoms with Crippen molar-refractivity contribution in [3.8, 4) is 5.75 Å². The molecule has 3 aromatic rings. The molecule has 1 atom stereocenters. The number of ketones is 1. The Labute approximate surface area is 190 Å². The standard InChI is InChI=1S/C23H26FN5O2S/c1-3-26-16-10-11-29(13-16)17-7-5-15(6-8-17)27-23-28-22(25)21(32-23)20(30)14-4-9-19(31-2)18(24)12-14/h4-9,12,16,26H,3,10-11,13,25H2,1-2H3,(H,27,28). The number of nitrogens with two attached hydrogens (primary N) is 1. The van der Waals surface area contributed by atoms with Gasteiger partial charge < -0.3 is 26.0 Å². The van der Waals surface area contributed by atoms with Crippen LogP contribution in [0.3, 0.4) is 0 Å². The van der Waals surface area contributed by atoms with Crippen LogP contribution >= 0.6 is 11.3 Å². The minimum Gasteiger partial charge on any atom is -0.494 e. The molecule has 0 bridgehead atoms. The molecule has 2 aromatic carbocycles. The summed E-state index contributed by atoms with van der Waals surface area (Å²) in [6.45, 7) is 5.14. The SMILES string of the molecule is CCNC1CCN(c2ccc(Nc3nc(N)c(C(=O)c4ccc(OC)c(F)c4)s3)cc2)C1. The summed E-state index contributed by atoms with van der Waals surface area (Å²) in [5.41, 5.74) is 8.19. The zero-order valence-electron chi connectivity index (χ0n) is 18.0. The number of aromatic nitrogens is 1. The Balaban J connectivity index is 1.44. The second-order valence-electron chi connectivity index (χ2n) is 7.57. The first-order valence-electron chi connectivity index (χ1n) is 10.5. The molecule has 0 saturated carbocycles. The fourth-order valence-electron chi connectivity index (χ4n) is 3.82. The van der Waals surface area contributed by atoms with Gasteiger partial charge in [-0.15, -0.1) is 0 Å². The van der Waals surface area contributed by atoms with E-state index in [0.29, 0.717) is 11.2 Å². The predicted octanol–water partition coefficient (Wildman–Crippen LogP) is 4.04. The van der Waals surface area contributed by atoms with E-state index in [1.54, 1.807) is 0 Å². The molecule has 0 amide bonds. The molecule has 168 valence electrons. The van der Waals surface area contributed by atoms with Crippen LogP contribution in [0.15, 0.2) is 42.5 Å². The normalized spacial score (nSPS) is 15.7. The molecule has 4 N–H and O–H groups in total. The van der Waals surface area contributed by atoms with Crippen LogP contribution in [-0.4, -0.2) is 43.6 Å². The smallest absolute Gasteiger partial charge is 0.206 e. The Morgan fingerprint density at radius 2 is 2.09 bits per heavy atom. The van der Waals surface area contributed by atoms with Gasteiger partial charge in [0, 0.05) is 36.1 Å². The number of hydrogen-bond donors (Lipinski definition) is 3. The van der Waals surface area contributed by atoms with Gasteiger partial charge in [-0.2, -0.15) is 0 Å². The van der Waals surface area contributed by atoms with Gasteiger partial charge in [0.15, 0.2) is 16.7 Å². The van der Waals surface area contributed by atoms with Gasteiger partial charge in [0.2, 0.25) is 5.78 Å². The number of nitrogen functional groups attached to an aromatic ring is 1. The summed E-state index contributed by atoms with van der Waals surface area (Å²) in [5, 5.41) is 7.20. The van der Waals surface area contributed by atoms with Crippen LogP contribution in [0.25, 0.3) is 0 Å². The number of halogens is 1. The molecular weight excluding hydrogens is 429 g/mol. The van der Waals surface area contributed by atoms with E-state index in [2.05, 4.69) is 39.6 Å². The molecule has 1 aliphatic rings. The van der Waals surface area contributed by atoms with Crippen molar-refractivity contribution in [1.82, 2.24) is 10.3 Å². The van der Waals surface area contributed by atoms with Gasteiger partial charge >= 0.3 is 0 Å². The summed E-state index contributed by atoms with van der Waals surface area (Å²) in [6.07, 6.45) is 1.14. The number of rotatable bonds is 8. The summed E-state index contributed by atoms with van der Waals surface area (Å²) < 4.78 is 18.9. The molecule has 1 aliphatic heterocycles. The largest absolute Gasteiger partial charge is 0.494 e. The molecule has 1 unspecified atom stereocenters. The fraction of sp³-hybridized carbons (Fsp3) is 0.304. The summed E-state index contributed by atoms with van der Waals surface area (Å²) in [7, 11) is 1.37. The van der Waals surface area contributed by atoms with Gasteiger partial charge in [0.1, 0.15) is 10.7 Å². The number of carbonyl (C=O) groups excluding carboxylic acids is 1. The zero-order chi connectivity index (χ0) is 22.7. The van der Waals surface area contributed by atoms with E-state index in [1.807, 2.05) is 12.1 Å². The van der Waals surface area contributed by atoms with E-state index in [9.17, 15) is 9.18 Å². The third kappa shape index (κ3) is 4.68. The number of benzene rings is 2. The average molecular weight is 456 g/mol. The maximum atomic E-state index is 14.0. The van der Waals surface area contributed by atoms with Gasteiger partial charge in [0.25, 0.3) is 0 Å². The van der Waals surface area contributed by atoms with Crippen LogP contribution in [0.1, 0.15) is 28.6 Å². The first kappa shape index (κ1) is 22.0. The molecular formula is C23H26FN5O2S. The van der Waals surface area contributed by atoms with Gasteiger partial charge in [-0.25, -0.2) is 9.37 Å². The third-order valence-corrected chi connectivity index (χ3v) is 6.42. The molecule has 2 heterocycles. The van der Waals surface area contributed by atoms with Crippen molar-refractivity contribution in [2.24, 2.45) is 0 Å². The first-order chi connectivity index (χ1) is 15.5. The highest BCUT2D eigenvalue weighted by atomic mass is 32.1. The van der Waals surface area contributed by atoms with E-state index < -0.39 is 5.82 Å². The van der Waals surface area contributed by atoms with Crippen molar-refractivity contribution in [3.05, 3.63) is 58.7 Å². The van der Waals surface area contributed by atoms with E-state index in [4.69, 9.17) is 10.5 Å². The summed E-state index contributed by atoms with van der Waals surface area (Å²) >= 11 is 1.14. The Morgan fingerprint density at radius 3 is 2.78 bits per heavy atom. The number of likely N-dealkylation sites (N-methyl/N-ethyl adjacent to an activating group) is 1. The van der Waals surface area contributed by atoms with Crippen molar-refractivity contribution in [2.75, 3.05) is 42.7 Å². The lowest BCUT2D eigenvalue weighted by Gasteiger charge is -2.19. The first-order valence-corrected chi connectivity index (χ1v) is 11.3. The number of ether oxygens (including phenoxy) is 1. The monoisotopic (exact) mass is 455 g/mol. The molecule has 0 radical (unpaired) electrons. The van der Waals surface area contributed by atoms with Gasteiger partial charge in [-0.3, -0.25) is 4.79 Å². The molecule has 0 spiro atoms. The van der Waals surface area contributed by atoms with Crippen LogP contribution in [0, 0.1) is 5.82 Å². The molecule has 1 fully saturated rings. The number of nitrogens with zero attached hydrogens (tertiary/aromatic N) is 2. The number of nitrogens with one attached hydrogen (secondary N) is 2. The summed E-state index contributed by atoms with van der Waals surface area (Å²) in [6, 6.07) is 12.7. The highest BCUT2D eigenvalue weighted by Crippen LogP contribution is 2.31. The molecule has 9 heteroatoms. The second-order valence-corrected chi connectivity index (χ2v) is 8.57. The Kier molecular flexibility index (Phi) is 6.57. The Morgan fingerprint density at radius 1 is 1.31 bits per heavy atom. The van der Waals surface area contributed by atoms with E-state index >= 15 is 0 Å². The fourth-order valence-corrected chi connectivity index (χ4v) is 4.68. The molecule has 32 heavy (non-hydrogen) atoms. The Bertz CT molecular complexity index is 1100. The minimum absolute atomic E-state index is 0.0794. The van der Waals surface area contributed by atoms with Crippen LogP contribution in [0.5, 0.6) is 5.75 Å². The van der Waals surface area contributed by atoms with Crippen molar-refractivity contribution in [3.63, 3.8) is 0 Å². The Hall–Kier alpha value is -3.17. The molecule has 4 rings (SSSR count). The summed E-state index contributed by atoms with van der Waals surface area (Å²) in [4.78, 5) is 19.7. The van der Waals surface area contributed by atoms with E-state index in [-0.39, 0.29) is 27.8 Å². The predicted molar refractivity (Wildman–Crippen MR) is 127 cm³/mol. The lowest BCUT2D eigenvalue weighted by atomic mass is 10.1. The van der Waals surface area contributed by atoms with Crippen LogP contribution in [-0.2, 0) is 0 Å². The maximum absolute atomic E-state index is 14.0. The van der Waals surface area contributed by atoms with Crippen LogP contribution < -0.4 is 26.0 Å². The zero-order valence-corrected chi connectivity index (χ0v) is 18.8. The maximum Gasteiger partial charge on any atom is 0.206 e. The lowest BCUT2D eigenvalue weighted by Crippen LogP contribution is -2.32. The quantitative estimate of drug-likeness (QED) is 0.442. The second kappa shape index (κ2) is 9.54. The summed E-state index contributed by atoms with van der Waals surface area (Å²) in [5.74, 6) is -0.790. The number of hydrogen-bond acceptors (Lipinski definition) is 8. The number of thiazole rings is 1. The lowest BCUT2D eigenvalue weighted by molar-refractivity contribution is 0.104. The van der Waals surface area contributed by atoms with Crippen LogP contribution in [0.4, 0.5) is 26.7 Å². The van der Waals surface area contributed by atoms with Gasteiger partial charge in [-0.1, -0.05) is 18.3 Å². The number of carbonyl (C=O) groups is 1. The van der Waals surface area contributed by atoms with Crippen molar-refractivity contribution in [1.29, 1.82) is 0 Å². The number of anilines is 4. The minimum atomic E-state index is -0.602. The van der Waals surface area contributed by atoms with Crippen molar-refractivity contribution >= 4 is 39.4 Å². The highest BCUT2D eigenvalue weighted by Gasteiger charge is 2.22. The topological polar surface area (TPSA) is 92.5 Å². The molecule has 1 aromatic heterocycles.